The second-order valence-electron chi connectivity index (χ2n) is 5.91. The standard InChI is InChI=1S/C22H17NO/c1-16-9-8-14-23-20(16)15-19(17-10-4-2-5-11-17)21(23)22(24)18-12-6-3-7-13-18/h2-15H,1H3. The second-order valence-corrected chi connectivity index (χ2v) is 5.91. The Morgan fingerprint density at radius 2 is 1.50 bits per heavy atom. The number of hydrogen-bond donors (Lipinski definition) is 0. The average Bonchev–Trinajstić information content (AvgIpc) is 3.03. The molecule has 4 aromatic rings. The lowest BCUT2D eigenvalue weighted by Gasteiger charge is -2.07. The van der Waals surface area contributed by atoms with E-state index in [4.69, 9.17) is 0 Å². The van der Waals surface area contributed by atoms with Gasteiger partial charge in [-0.2, -0.15) is 0 Å². The number of nitrogens with zero attached hydrogens (tertiary/aromatic N) is 1. The summed E-state index contributed by atoms with van der Waals surface area (Å²) in [6.07, 6.45) is 1.96. The Bertz CT molecular complexity index is 1010. The number of rotatable bonds is 3. The Kier molecular flexibility index (Phi) is 3.51. The maximum atomic E-state index is 13.2. The van der Waals surface area contributed by atoms with Gasteiger partial charge in [0.25, 0.3) is 0 Å². The molecule has 2 heterocycles. The molecule has 2 aromatic carbocycles. The van der Waals surface area contributed by atoms with Crippen molar-refractivity contribution in [3.8, 4) is 11.1 Å². The number of aryl methyl sites for hydroxylation is 1. The maximum absolute atomic E-state index is 13.2. The average molecular weight is 311 g/mol. The predicted octanol–water partition coefficient (Wildman–Crippen LogP) is 5.15. The normalized spacial score (nSPS) is 10.9. The largest absolute Gasteiger partial charge is 0.313 e. The third-order valence-electron chi connectivity index (χ3n) is 4.36. The molecule has 4 rings (SSSR count). The van der Waals surface area contributed by atoms with Crippen molar-refractivity contribution in [2.45, 2.75) is 6.92 Å². The van der Waals surface area contributed by atoms with Crippen molar-refractivity contribution in [1.82, 2.24) is 4.40 Å². The molecule has 0 amide bonds. The number of pyridine rings is 1. The monoisotopic (exact) mass is 311 g/mol. The van der Waals surface area contributed by atoms with Gasteiger partial charge in [0, 0.05) is 22.8 Å². The third kappa shape index (κ3) is 2.33. The fourth-order valence-corrected chi connectivity index (χ4v) is 3.14. The Morgan fingerprint density at radius 1 is 0.833 bits per heavy atom. The maximum Gasteiger partial charge on any atom is 0.210 e. The van der Waals surface area contributed by atoms with E-state index in [0.29, 0.717) is 11.3 Å². The summed E-state index contributed by atoms with van der Waals surface area (Å²) in [7, 11) is 0. The highest BCUT2D eigenvalue weighted by Gasteiger charge is 2.20. The molecule has 24 heavy (non-hydrogen) atoms. The summed E-state index contributed by atoms with van der Waals surface area (Å²) in [5.41, 5.74) is 5.67. The summed E-state index contributed by atoms with van der Waals surface area (Å²) in [5.74, 6) is 0.0417. The van der Waals surface area contributed by atoms with Crippen molar-refractivity contribution in [3.63, 3.8) is 0 Å². The second kappa shape index (κ2) is 5.82. The van der Waals surface area contributed by atoms with Gasteiger partial charge in [-0.25, -0.2) is 0 Å². The lowest BCUT2D eigenvalue weighted by Crippen LogP contribution is -2.06. The molecule has 0 saturated carbocycles. The van der Waals surface area contributed by atoms with Gasteiger partial charge < -0.3 is 4.40 Å². The van der Waals surface area contributed by atoms with Crippen LogP contribution in [0.5, 0.6) is 0 Å². The van der Waals surface area contributed by atoms with Crippen molar-refractivity contribution in [2.24, 2.45) is 0 Å². The summed E-state index contributed by atoms with van der Waals surface area (Å²) in [6.45, 7) is 2.07. The first kappa shape index (κ1) is 14.5. The van der Waals surface area contributed by atoms with Crippen molar-refractivity contribution >= 4 is 11.3 Å². The van der Waals surface area contributed by atoms with Crippen molar-refractivity contribution in [2.75, 3.05) is 0 Å². The number of ketones is 1. The lowest BCUT2D eigenvalue weighted by atomic mass is 10.0. The van der Waals surface area contributed by atoms with Crippen LogP contribution < -0.4 is 0 Å². The molecule has 0 N–H and O–H groups in total. The first-order chi connectivity index (χ1) is 11.8. The van der Waals surface area contributed by atoms with Crippen LogP contribution in [0.3, 0.4) is 0 Å². The predicted molar refractivity (Wildman–Crippen MR) is 97.4 cm³/mol. The zero-order valence-electron chi connectivity index (χ0n) is 13.4. The zero-order valence-corrected chi connectivity index (χ0v) is 13.4. The van der Waals surface area contributed by atoms with Crippen molar-refractivity contribution in [1.29, 1.82) is 0 Å². The smallest absolute Gasteiger partial charge is 0.210 e. The van der Waals surface area contributed by atoms with Gasteiger partial charge >= 0.3 is 0 Å². The van der Waals surface area contributed by atoms with Gasteiger partial charge in [0.05, 0.1) is 0 Å². The third-order valence-corrected chi connectivity index (χ3v) is 4.36. The summed E-state index contributed by atoms with van der Waals surface area (Å²) >= 11 is 0. The van der Waals surface area contributed by atoms with Crippen LogP contribution in [0.25, 0.3) is 16.6 Å². The fraction of sp³-hybridized carbons (Fsp3) is 0.0455. The first-order valence-electron chi connectivity index (χ1n) is 8.01. The van der Waals surface area contributed by atoms with Gasteiger partial charge in [-0.15, -0.1) is 0 Å². The van der Waals surface area contributed by atoms with Crippen molar-refractivity contribution < 1.29 is 4.79 Å². The SMILES string of the molecule is Cc1cccn2c(C(=O)c3ccccc3)c(-c3ccccc3)cc12. The van der Waals surface area contributed by atoms with E-state index < -0.39 is 0 Å². The summed E-state index contributed by atoms with van der Waals surface area (Å²) in [4.78, 5) is 13.2. The van der Waals surface area contributed by atoms with Crippen LogP contribution in [0.2, 0.25) is 0 Å². The van der Waals surface area contributed by atoms with E-state index in [1.165, 1.54) is 0 Å². The number of carbonyl (C=O) groups is 1. The van der Waals surface area contributed by atoms with Crippen molar-refractivity contribution in [3.05, 3.63) is 102 Å². The molecule has 0 radical (unpaired) electrons. The van der Waals surface area contributed by atoms with Crippen LogP contribution in [-0.4, -0.2) is 10.2 Å². The molecule has 2 nitrogen and oxygen atoms in total. The highest BCUT2D eigenvalue weighted by molar-refractivity contribution is 6.13. The molecular formula is C22H17NO. The molecule has 2 heteroatoms. The topological polar surface area (TPSA) is 21.5 Å². The number of aromatic nitrogens is 1. The van der Waals surface area contributed by atoms with Crippen LogP contribution >= 0.6 is 0 Å². The van der Waals surface area contributed by atoms with Gasteiger partial charge in [-0.1, -0.05) is 66.7 Å². The van der Waals surface area contributed by atoms with Crippen LogP contribution in [0, 0.1) is 6.92 Å². The van der Waals surface area contributed by atoms with Crippen LogP contribution in [0.15, 0.2) is 85.1 Å². The number of fused-ring (bicyclic) bond motifs is 1. The molecule has 0 saturated heterocycles. The molecule has 0 aliphatic heterocycles. The van der Waals surface area contributed by atoms with Gasteiger partial charge in [-0.3, -0.25) is 4.79 Å². The van der Waals surface area contributed by atoms with E-state index in [1.807, 2.05) is 77.3 Å². The molecule has 2 aromatic heterocycles. The van der Waals surface area contributed by atoms with E-state index in [-0.39, 0.29) is 5.78 Å². The van der Waals surface area contributed by atoms with E-state index in [9.17, 15) is 4.79 Å². The minimum Gasteiger partial charge on any atom is -0.313 e. The van der Waals surface area contributed by atoms with E-state index >= 15 is 0 Å². The Labute approximate surface area is 141 Å². The number of carbonyl (C=O) groups excluding carboxylic acids is 1. The van der Waals surface area contributed by atoms with Gasteiger partial charge in [-0.05, 0) is 30.2 Å². The van der Waals surface area contributed by atoms with Gasteiger partial charge in [0.1, 0.15) is 5.69 Å². The fourth-order valence-electron chi connectivity index (χ4n) is 3.14. The molecule has 0 aliphatic rings. The van der Waals surface area contributed by atoms with Gasteiger partial charge in [0.15, 0.2) is 0 Å². The van der Waals surface area contributed by atoms with Gasteiger partial charge in [0.2, 0.25) is 5.78 Å². The van der Waals surface area contributed by atoms with Crippen LogP contribution in [0.1, 0.15) is 21.6 Å². The number of benzene rings is 2. The number of hydrogen-bond acceptors (Lipinski definition) is 1. The molecular weight excluding hydrogens is 294 g/mol. The molecule has 0 unspecified atom stereocenters. The molecule has 0 atom stereocenters. The Hall–Kier alpha value is -3.13. The Balaban J connectivity index is 2.02. The molecule has 0 bridgehead atoms. The highest BCUT2D eigenvalue weighted by atomic mass is 16.1. The lowest BCUT2D eigenvalue weighted by molar-refractivity contribution is 0.103. The molecule has 0 aliphatic carbocycles. The van der Waals surface area contributed by atoms with E-state index in [2.05, 4.69) is 19.1 Å². The minimum absolute atomic E-state index is 0.0417. The zero-order chi connectivity index (χ0) is 16.5. The minimum atomic E-state index is 0.0417. The first-order valence-corrected chi connectivity index (χ1v) is 8.01. The summed E-state index contributed by atoms with van der Waals surface area (Å²) < 4.78 is 2.01. The Morgan fingerprint density at radius 3 is 2.21 bits per heavy atom. The summed E-state index contributed by atoms with van der Waals surface area (Å²) in [6, 6.07) is 25.7. The van der Waals surface area contributed by atoms with E-state index in [1.54, 1.807) is 0 Å². The highest BCUT2D eigenvalue weighted by Crippen LogP contribution is 2.30. The summed E-state index contributed by atoms with van der Waals surface area (Å²) in [5, 5.41) is 0. The van der Waals surface area contributed by atoms with Crippen LogP contribution in [-0.2, 0) is 0 Å². The van der Waals surface area contributed by atoms with E-state index in [0.717, 1.165) is 22.2 Å². The molecule has 0 fully saturated rings. The quantitative estimate of drug-likeness (QED) is 0.480. The molecule has 116 valence electrons. The van der Waals surface area contributed by atoms with Crippen LogP contribution in [0.4, 0.5) is 0 Å². The molecule has 0 spiro atoms.